The third kappa shape index (κ3) is 6.64. The fourth-order valence-electron chi connectivity index (χ4n) is 0.720. The second kappa shape index (κ2) is 7.67. The molecule has 1 fully saturated rings. The number of aromatic amines is 2. The minimum atomic E-state index is 0.545. The van der Waals surface area contributed by atoms with Gasteiger partial charge in [-0.25, -0.2) is 0 Å². The van der Waals surface area contributed by atoms with Crippen molar-refractivity contribution in [2.75, 3.05) is 11.5 Å². The van der Waals surface area contributed by atoms with Crippen LogP contribution in [0.4, 0.5) is 0 Å². The molecule has 2 unspecified atom stereocenters. The van der Waals surface area contributed by atoms with Gasteiger partial charge in [0.25, 0.3) is 0 Å². The minimum absolute atomic E-state index is 0.545. The quantitative estimate of drug-likeness (QED) is 0.429. The summed E-state index contributed by atoms with van der Waals surface area (Å²) < 4.78 is 2.49. The van der Waals surface area contributed by atoms with E-state index >= 15 is 0 Å². The van der Waals surface area contributed by atoms with E-state index in [0.717, 1.165) is 11.5 Å². The van der Waals surface area contributed by atoms with Crippen LogP contribution in [0.15, 0.2) is 0 Å². The number of rotatable bonds is 0. The largest absolute Gasteiger partial charge is 0.281 e. The lowest BCUT2D eigenvalue weighted by molar-refractivity contribution is 1.07. The number of H-pyrrole nitrogens is 2. The van der Waals surface area contributed by atoms with Crippen molar-refractivity contribution in [3.8, 4) is 0 Å². The molecule has 0 bridgehead atoms. The Morgan fingerprint density at radius 2 is 1.40 bits per heavy atom. The number of hydrogen-bond acceptors (Lipinski definition) is 7. The van der Waals surface area contributed by atoms with Gasteiger partial charge in [0.2, 0.25) is 0 Å². The van der Waals surface area contributed by atoms with Gasteiger partial charge in [0, 0.05) is 11.5 Å². The van der Waals surface area contributed by atoms with Crippen LogP contribution in [-0.4, -0.2) is 30.9 Å². The summed E-state index contributed by atoms with van der Waals surface area (Å²) in [6.45, 7) is 0. The van der Waals surface area contributed by atoms with Gasteiger partial charge in [-0.15, -0.1) is 23.5 Å². The minimum Gasteiger partial charge on any atom is -0.281 e. The van der Waals surface area contributed by atoms with E-state index in [1.807, 2.05) is 23.5 Å². The summed E-state index contributed by atoms with van der Waals surface area (Å²) in [5.41, 5.74) is 0. The van der Waals surface area contributed by atoms with E-state index in [2.05, 4.69) is 35.5 Å². The maximum absolute atomic E-state index is 4.70. The van der Waals surface area contributed by atoms with Crippen molar-refractivity contribution in [3.05, 3.63) is 7.91 Å². The molecule has 2 atom stereocenters. The van der Waals surface area contributed by atoms with E-state index in [4.69, 9.17) is 24.4 Å². The molecule has 86 valence electrons. The number of hydrogen-bond donors (Lipinski definition) is 4. The van der Waals surface area contributed by atoms with Gasteiger partial charge in [0.15, 0.2) is 7.91 Å². The molecule has 9 heteroatoms. The first-order valence-corrected chi connectivity index (χ1v) is 8.71. The molecular weight excluding hydrogens is 325 g/mol. The molecule has 0 amide bonds. The van der Waals surface area contributed by atoms with Gasteiger partial charge in [-0.05, 0) is 24.4 Å². The van der Waals surface area contributed by atoms with Crippen LogP contribution in [0, 0.1) is 7.91 Å². The van der Waals surface area contributed by atoms with Crippen molar-refractivity contribution in [3.63, 3.8) is 0 Å². The Hall–Kier alpha value is 1.40. The Morgan fingerprint density at radius 3 is 1.60 bits per heavy atom. The van der Waals surface area contributed by atoms with Crippen molar-refractivity contribution >= 4 is 84.6 Å². The van der Waals surface area contributed by atoms with Crippen molar-refractivity contribution in [1.29, 1.82) is 0 Å². The Balaban J connectivity index is 0.000000151. The molecule has 1 saturated heterocycles. The van der Waals surface area contributed by atoms with Crippen LogP contribution in [0.1, 0.15) is 0 Å². The highest BCUT2D eigenvalue weighted by Crippen LogP contribution is 2.32. The van der Waals surface area contributed by atoms with Crippen molar-refractivity contribution in [2.24, 2.45) is 0 Å². The third-order valence-electron chi connectivity index (χ3n) is 1.31. The van der Waals surface area contributed by atoms with Crippen LogP contribution in [0.5, 0.6) is 0 Å². The molecule has 1 aliphatic rings. The molecule has 1 aromatic heterocycles. The second-order valence-corrected chi connectivity index (χ2v) is 9.27. The number of aromatic nitrogens is 2. The monoisotopic (exact) mass is 334 g/mol. The lowest BCUT2D eigenvalue weighted by atomic mass is 10.9. The van der Waals surface area contributed by atoms with Gasteiger partial charge >= 0.3 is 0 Å². The highest BCUT2D eigenvalue weighted by Gasteiger charge is 2.15. The van der Waals surface area contributed by atoms with Crippen molar-refractivity contribution < 1.29 is 0 Å². The van der Waals surface area contributed by atoms with Gasteiger partial charge in [-0.2, -0.15) is 25.3 Å². The zero-order chi connectivity index (χ0) is 11.3. The molecule has 2 nitrogen and oxygen atoms in total. The maximum atomic E-state index is 4.70. The van der Waals surface area contributed by atoms with E-state index in [9.17, 15) is 0 Å². The summed E-state index contributed by atoms with van der Waals surface area (Å²) >= 11 is 23.2. The van der Waals surface area contributed by atoms with Crippen LogP contribution < -0.4 is 0 Å². The molecule has 0 aliphatic carbocycles. The smallest absolute Gasteiger partial charge is 0.175 e. The molecule has 0 radical (unpaired) electrons. The van der Waals surface area contributed by atoms with Crippen molar-refractivity contribution in [1.82, 2.24) is 10.2 Å². The SMILES string of the molecule is S=c1[nH][nH]c(=S)s1.SC1CSC(S)CS1. The zero-order valence-electron chi connectivity index (χ0n) is 7.50. The van der Waals surface area contributed by atoms with Crippen LogP contribution in [0.25, 0.3) is 0 Å². The van der Waals surface area contributed by atoms with Gasteiger partial charge < -0.3 is 0 Å². The first-order chi connectivity index (χ1) is 7.08. The average molecular weight is 335 g/mol. The summed E-state index contributed by atoms with van der Waals surface area (Å²) in [6.07, 6.45) is 0. The van der Waals surface area contributed by atoms with E-state index in [1.165, 1.54) is 11.3 Å². The summed E-state index contributed by atoms with van der Waals surface area (Å²) in [5.74, 6) is 2.28. The lowest BCUT2D eigenvalue weighted by Gasteiger charge is -2.20. The van der Waals surface area contributed by atoms with E-state index in [0.29, 0.717) is 17.1 Å². The van der Waals surface area contributed by atoms with Gasteiger partial charge in [0.05, 0.1) is 9.16 Å². The Bertz CT molecular complexity index is 337. The highest BCUT2D eigenvalue weighted by molar-refractivity contribution is 8.18. The Morgan fingerprint density at radius 1 is 1.00 bits per heavy atom. The predicted octanol–water partition coefficient (Wildman–Crippen LogP) is 3.84. The number of nitrogens with one attached hydrogen (secondary N) is 2. The summed E-state index contributed by atoms with van der Waals surface area (Å²) in [4.78, 5) is 0. The Kier molecular flexibility index (Phi) is 7.40. The summed E-state index contributed by atoms with van der Waals surface area (Å²) in [7, 11) is 0. The van der Waals surface area contributed by atoms with Crippen LogP contribution >= 0.6 is 84.6 Å². The maximum Gasteiger partial charge on any atom is 0.175 e. The van der Waals surface area contributed by atoms with Gasteiger partial charge in [-0.1, -0.05) is 11.3 Å². The number of thiol groups is 2. The molecular formula is C6H10N2S7. The topological polar surface area (TPSA) is 31.6 Å². The van der Waals surface area contributed by atoms with Crippen molar-refractivity contribution in [2.45, 2.75) is 9.16 Å². The molecule has 2 rings (SSSR count). The van der Waals surface area contributed by atoms with Crippen LogP contribution in [-0.2, 0) is 0 Å². The molecule has 2 N–H and O–H groups in total. The first kappa shape index (κ1) is 14.5. The molecule has 0 saturated carbocycles. The fraction of sp³-hybridized carbons (Fsp3) is 0.667. The fourth-order valence-corrected chi connectivity index (χ4v) is 4.90. The van der Waals surface area contributed by atoms with E-state index in [1.54, 1.807) is 0 Å². The molecule has 0 aromatic carbocycles. The predicted molar refractivity (Wildman–Crippen MR) is 85.2 cm³/mol. The van der Waals surface area contributed by atoms with Gasteiger partial charge in [0.1, 0.15) is 0 Å². The molecule has 2 heterocycles. The van der Waals surface area contributed by atoms with Crippen LogP contribution in [0.3, 0.4) is 0 Å². The lowest BCUT2D eigenvalue weighted by Crippen LogP contribution is -2.12. The molecule has 1 aliphatic heterocycles. The average Bonchev–Trinajstić information content (AvgIpc) is 2.56. The molecule has 1 aromatic rings. The normalized spacial score (nSPS) is 25.5. The van der Waals surface area contributed by atoms with E-state index < -0.39 is 0 Å². The zero-order valence-corrected chi connectivity index (χ0v) is 13.4. The number of thioether (sulfide) groups is 2. The van der Waals surface area contributed by atoms with Gasteiger partial charge in [-0.3, -0.25) is 10.2 Å². The van der Waals surface area contributed by atoms with Crippen LogP contribution in [0.2, 0.25) is 0 Å². The third-order valence-corrected chi connectivity index (χ3v) is 6.92. The van der Waals surface area contributed by atoms with E-state index in [-0.39, 0.29) is 0 Å². The standard InChI is InChI=1S/C4H8S4.C2H2N2S3/c5-3-1-7-4(6)2-8-3;5-1-3-4-2(6)7-1/h3-6H,1-2H2;(H,3,5)(H,4,6). The second-order valence-electron chi connectivity index (χ2n) is 2.50. The summed E-state index contributed by atoms with van der Waals surface area (Å²) in [6, 6.07) is 0. The summed E-state index contributed by atoms with van der Waals surface area (Å²) in [5, 5.41) is 5.34. The first-order valence-electron chi connectivity index (χ1n) is 3.95. The Labute approximate surface area is 122 Å². The molecule has 15 heavy (non-hydrogen) atoms. The molecule has 0 spiro atoms. The highest BCUT2D eigenvalue weighted by atomic mass is 32.2.